The van der Waals surface area contributed by atoms with Crippen LogP contribution in [0.3, 0.4) is 0 Å². The van der Waals surface area contributed by atoms with E-state index in [1.807, 2.05) is 4.90 Å². The van der Waals surface area contributed by atoms with Crippen LogP contribution in [0.2, 0.25) is 0 Å². The Morgan fingerprint density at radius 3 is 2.26 bits per heavy atom. The van der Waals surface area contributed by atoms with Crippen LogP contribution in [0.5, 0.6) is 0 Å². The van der Waals surface area contributed by atoms with Crippen molar-refractivity contribution in [2.24, 2.45) is 10.9 Å². The normalized spacial score (nSPS) is 19.3. The van der Waals surface area contributed by atoms with Crippen molar-refractivity contribution in [3.63, 3.8) is 0 Å². The first-order chi connectivity index (χ1) is 10.7. The van der Waals surface area contributed by atoms with Crippen LogP contribution in [-0.4, -0.2) is 74.5 Å². The van der Waals surface area contributed by atoms with Gasteiger partial charge in [0.05, 0.1) is 19.6 Å². The lowest BCUT2D eigenvalue weighted by atomic mass is 9.97. The molecule has 8 heteroatoms. The highest BCUT2D eigenvalue weighted by molar-refractivity contribution is 14.0. The van der Waals surface area contributed by atoms with Crippen LogP contribution in [0.15, 0.2) is 4.99 Å². The molecule has 0 aromatic heterocycles. The number of hydrogen-bond acceptors (Lipinski definition) is 4. The van der Waals surface area contributed by atoms with Gasteiger partial charge < -0.3 is 19.9 Å². The van der Waals surface area contributed by atoms with Gasteiger partial charge in [-0.15, -0.1) is 24.0 Å². The largest absolute Gasteiger partial charge is 0.469 e. The van der Waals surface area contributed by atoms with Gasteiger partial charge in [0.25, 0.3) is 0 Å². The van der Waals surface area contributed by atoms with Crippen molar-refractivity contribution in [3.8, 4) is 0 Å². The van der Waals surface area contributed by atoms with Gasteiger partial charge in [0.15, 0.2) is 5.96 Å². The summed E-state index contributed by atoms with van der Waals surface area (Å²) in [7, 11) is 3.15. The number of ether oxygens (including phenoxy) is 1. The Kier molecular flexibility index (Phi) is 8.64. The summed E-state index contributed by atoms with van der Waals surface area (Å²) in [6.07, 6.45) is 3.71. The lowest BCUT2D eigenvalue weighted by Crippen LogP contribution is -2.49. The Hall–Kier alpha value is -1.06. The second kappa shape index (κ2) is 9.94. The molecule has 2 aliphatic rings. The molecule has 132 valence electrons. The Morgan fingerprint density at radius 2 is 1.74 bits per heavy atom. The number of carbonyl (C=O) groups excluding carboxylic acids is 2. The molecule has 1 N–H and O–H groups in total. The third kappa shape index (κ3) is 5.50. The molecule has 2 rings (SSSR count). The number of carbonyl (C=O) groups is 2. The number of halogens is 1. The van der Waals surface area contributed by atoms with Gasteiger partial charge in [-0.3, -0.25) is 14.6 Å². The lowest BCUT2D eigenvalue weighted by Gasteiger charge is -2.33. The maximum atomic E-state index is 12.1. The Morgan fingerprint density at radius 1 is 1.13 bits per heavy atom. The molecule has 0 aromatic rings. The van der Waals surface area contributed by atoms with Crippen molar-refractivity contribution in [1.29, 1.82) is 0 Å². The second-order valence-corrected chi connectivity index (χ2v) is 5.77. The summed E-state index contributed by atoms with van der Waals surface area (Å²) in [5.74, 6) is 0.705. The number of nitrogens with zero attached hydrogens (tertiary/aromatic N) is 3. The Bertz CT molecular complexity index is 430. The number of likely N-dealkylation sites (tertiary alicyclic amines) is 2. The van der Waals surface area contributed by atoms with Crippen molar-refractivity contribution in [1.82, 2.24) is 15.1 Å². The van der Waals surface area contributed by atoms with E-state index in [2.05, 4.69) is 15.2 Å². The number of piperidine rings is 1. The smallest absolute Gasteiger partial charge is 0.308 e. The molecule has 0 unspecified atom stereocenters. The number of aliphatic imine (C=N–C) groups is 1. The summed E-state index contributed by atoms with van der Waals surface area (Å²) in [5.41, 5.74) is 0. The number of amides is 1. The molecule has 2 saturated heterocycles. The van der Waals surface area contributed by atoms with Gasteiger partial charge in [-0.25, -0.2) is 0 Å². The van der Waals surface area contributed by atoms with Crippen LogP contribution in [-0.2, 0) is 14.3 Å². The average Bonchev–Trinajstić information content (AvgIpc) is 3.09. The van der Waals surface area contributed by atoms with E-state index in [1.54, 1.807) is 7.05 Å². The molecule has 2 heterocycles. The maximum absolute atomic E-state index is 12.1. The minimum Gasteiger partial charge on any atom is -0.469 e. The molecule has 2 aliphatic heterocycles. The van der Waals surface area contributed by atoms with Gasteiger partial charge in [-0.1, -0.05) is 0 Å². The predicted molar refractivity (Wildman–Crippen MR) is 98.9 cm³/mol. The topological polar surface area (TPSA) is 74.2 Å². The molecule has 0 spiro atoms. The SMILES string of the molecule is CN=C(NCC(=O)N1CCCC1)N1CCC(C(=O)OC)CC1.I. The van der Waals surface area contributed by atoms with E-state index in [0.717, 1.165) is 57.8 Å². The van der Waals surface area contributed by atoms with E-state index in [1.165, 1.54) is 7.11 Å². The van der Waals surface area contributed by atoms with Crippen LogP contribution in [0, 0.1) is 5.92 Å². The molecule has 0 aliphatic carbocycles. The van der Waals surface area contributed by atoms with Gasteiger partial charge in [0.1, 0.15) is 0 Å². The number of rotatable bonds is 3. The molecule has 0 bridgehead atoms. The monoisotopic (exact) mass is 438 g/mol. The molecular formula is C15H27IN4O3. The van der Waals surface area contributed by atoms with Gasteiger partial charge in [0, 0.05) is 33.2 Å². The van der Waals surface area contributed by atoms with Crippen LogP contribution < -0.4 is 5.32 Å². The van der Waals surface area contributed by atoms with Gasteiger partial charge >= 0.3 is 5.97 Å². The van der Waals surface area contributed by atoms with Crippen molar-refractivity contribution in [2.75, 3.05) is 46.9 Å². The Labute approximate surface area is 154 Å². The zero-order chi connectivity index (χ0) is 15.9. The molecule has 7 nitrogen and oxygen atoms in total. The van der Waals surface area contributed by atoms with E-state index < -0.39 is 0 Å². The predicted octanol–water partition coefficient (Wildman–Crippen LogP) is 0.687. The molecular weight excluding hydrogens is 411 g/mol. The van der Waals surface area contributed by atoms with Crippen molar-refractivity contribution in [3.05, 3.63) is 0 Å². The van der Waals surface area contributed by atoms with Gasteiger partial charge in [-0.2, -0.15) is 0 Å². The summed E-state index contributed by atoms with van der Waals surface area (Å²) in [5, 5.41) is 3.14. The number of nitrogens with one attached hydrogen (secondary N) is 1. The summed E-state index contributed by atoms with van der Waals surface area (Å²) in [6.45, 7) is 3.51. The fourth-order valence-corrected chi connectivity index (χ4v) is 3.06. The minimum absolute atomic E-state index is 0. The first-order valence-corrected chi connectivity index (χ1v) is 7.97. The molecule has 2 fully saturated rings. The summed E-state index contributed by atoms with van der Waals surface area (Å²) in [6, 6.07) is 0. The number of guanidine groups is 1. The van der Waals surface area contributed by atoms with E-state index in [0.29, 0.717) is 0 Å². The zero-order valence-electron chi connectivity index (χ0n) is 13.9. The third-order valence-corrected chi connectivity index (χ3v) is 4.40. The third-order valence-electron chi connectivity index (χ3n) is 4.40. The number of hydrogen-bond donors (Lipinski definition) is 1. The number of methoxy groups -OCH3 is 1. The molecule has 0 saturated carbocycles. The van der Waals surface area contributed by atoms with E-state index in [-0.39, 0.29) is 48.3 Å². The first-order valence-electron chi connectivity index (χ1n) is 7.97. The molecule has 0 radical (unpaired) electrons. The van der Waals surface area contributed by atoms with E-state index in [4.69, 9.17) is 4.74 Å². The zero-order valence-corrected chi connectivity index (χ0v) is 16.2. The second-order valence-electron chi connectivity index (χ2n) is 5.77. The number of esters is 1. The fraction of sp³-hybridized carbons (Fsp3) is 0.800. The van der Waals surface area contributed by atoms with Crippen LogP contribution in [0.25, 0.3) is 0 Å². The van der Waals surface area contributed by atoms with Gasteiger partial charge in [-0.05, 0) is 25.7 Å². The van der Waals surface area contributed by atoms with E-state index >= 15 is 0 Å². The Balaban J connectivity index is 0.00000264. The molecule has 1 amide bonds. The van der Waals surface area contributed by atoms with Gasteiger partial charge in [0.2, 0.25) is 5.91 Å². The summed E-state index contributed by atoms with van der Waals surface area (Å²) >= 11 is 0. The van der Waals surface area contributed by atoms with Crippen LogP contribution in [0.4, 0.5) is 0 Å². The van der Waals surface area contributed by atoms with Crippen molar-refractivity contribution in [2.45, 2.75) is 25.7 Å². The maximum Gasteiger partial charge on any atom is 0.308 e. The fourth-order valence-electron chi connectivity index (χ4n) is 3.06. The van der Waals surface area contributed by atoms with Crippen molar-refractivity contribution >= 4 is 41.8 Å². The standard InChI is InChI=1S/C15H26N4O3.HI/c1-16-15(17-11-13(20)18-7-3-4-8-18)19-9-5-12(6-10-19)14(21)22-2;/h12H,3-11H2,1-2H3,(H,16,17);1H. The van der Waals surface area contributed by atoms with E-state index in [9.17, 15) is 9.59 Å². The molecule has 0 atom stereocenters. The first kappa shape index (κ1) is 20.0. The molecule has 0 aromatic carbocycles. The minimum atomic E-state index is -0.133. The van der Waals surface area contributed by atoms with Crippen molar-refractivity contribution < 1.29 is 14.3 Å². The highest BCUT2D eigenvalue weighted by Gasteiger charge is 2.27. The lowest BCUT2D eigenvalue weighted by molar-refractivity contribution is -0.146. The highest BCUT2D eigenvalue weighted by Crippen LogP contribution is 2.18. The highest BCUT2D eigenvalue weighted by atomic mass is 127. The average molecular weight is 438 g/mol. The summed E-state index contributed by atoms with van der Waals surface area (Å²) in [4.78, 5) is 31.8. The van der Waals surface area contributed by atoms with Crippen LogP contribution >= 0.6 is 24.0 Å². The quantitative estimate of drug-likeness (QED) is 0.304. The summed E-state index contributed by atoms with van der Waals surface area (Å²) < 4.78 is 4.79. The molecule has 23 heavy (non-hydrogen) atoms. The van der Waals surface area contributed by atoms with Crippen LogP contribution in [0.1, 0.15) is 25.7 Å².